The van der Waals surface area contributed by atoms with Crippen LogP contribution >= 0.6 is 11.8 Å². The van der Waals surface area contributed by atoms with Crippen molar-refractivity contribution in [2.45, 2.75) is 57.8 Å². The van der Waals surface area contributed by atoms with Gasteiger partial charge in [0.1, 0.15) is 6.04 Å². The van der Waals surface area contributed by atoms with E-state index in [1.807, 2.05) is 39.8 Å². The normalized spacial score (nSPS) is 14.2. The first-order valence-corrected chi connectivity index (χ1v) is 10.8. The Morgan fingerprint density at radius 3 is 2.52 bits per heavy atom. The molecule has 0 aliphatic heterocycles. The third-order valence-corrected chi connectivity index (χ3v) is 6.08. The van der Waals surface area contributed by atoms with Gasteiger partial charge in [-0.05, 0) is 31.4 Å². The topological polar surface area (TPSA) is 90.3 Å². The number of para-hydroxylation sites is 1. The maximum atomic E-state index is 13.0. The highest BCUT2D eigenvalue weighted by atomic mass is 32.2. The van der Waals surface area contributed by atoms with Crippen molar-refractivity contribution >= 4 is 34.5 Å². The number of hydrogen-bond acceptors (Lipinski definition) is 6. The number of carbonyl (C=O) groups is 2. The van der Waals surface area contributed by atoms with Crippen molar-refractivity contribution in [3.8, 4) is 0 Å². The molecule has 0 aliphatic rings. The van der Waals surface area contributed by atoms with Gasteiger partial charge in [-0.2, -0.15) is 0 Å². The van der Waals surface area contributed by atoms with E-state index in [1.165, 1.54) is 18.9 Å². The molecule has 0 aliphatic carbocycles. The first-order chi connectivity index (χ1) is 13.8. The molecule has 1 heterocycles. The number of hydrogen-bond donors (Lipinski definition) is 1. The van der Waals surface area contributed by atoms with E-state index < -0.39 is 12.0 Å². The predicted molar refractivity (Wildman–Crippen MR) is 115 cm³/mol. The van der Waals surface area contributed by atoms with Crippen LogP contribution in [0.25, 0.3) is 10.9 Å². The molecule has 1 aromatic carbocycles. The monoisotopic (exact) mass is 419 g/mol. The van der Waals surface area contributed by atoms with Gasteiger partial charge >= 0.3 is 5.97 Å². The zero-order valence-corrected chi connectivity index (χ0v) is 18.4. The fourth-order valence-electron chi connectivity index (χ4n) is 2.94. The van der Waals surface area contributed by atoms with Gasteiger partial charge in [0.05, 0.1) is 23.8 Å². The number of carbonyl (C=O) groups excluding carboxylic acids is 2. The van der Waals surface area contributed by atoms with Crippen molar-refractivity contribution in [3.63, 3.8) is 0 Å². The van der Waals surface area contributed by atoms with Gasteiger partial charge < -0.3 is 10.1 Å². The summed E-state index contributed by atoms with van der Waals surface area (Å²) < 4.78 is 6.46. The van der Waals surface area contributed by atoms with E-state index in [1.54, 1.807) is 16.7 Å². The number of methoxy groups -OCH3 is 1. The lowest BCUT2D eigenvalue weighted by Gasteiger charge is -2.22. The summed E-state index contributed by atoms with van der Waals surface area (Å²) >= 11 is 1.20. The van der Waals surface area contributed by atoms with Gasteiger partial charge in [0.15, 0.2) is 5.16 Å². The van der Waals surface area contributed by atoms with Crippen LogP contribution in [0.3, 0.4) is 0 Å². The summed E-state index contributed by atoms with van der Waals surface area (Å²) in [6.45, 7) is 7.80. The standard InChI is InChI=1S/C21H29N3O4S/c1-6-13(3)18(20(27)28-5)23-17(25)12-29-21-22-16-11-9-8-10-15(16)19(26)24(21)14(4)7-2/h8-11,13-14,18H,6-7,12H2,1-5H3,(H,23,25)/t13-,14+,18+/m1/s1. The van der Waals surface area contributed by atoms with E-state index in [0.29, 0.717) is 16.1 Å². The van der Waals surface area contributed by atoms with E-state index in [4.69, 9.17) is 4.74 Å². The maximum absolute atomic E-state index is 13.0. The third-order valence-electron chi connectivity index (χ3n) is 5.12. The molecule has 1 amide bonds. The highest BCUT2D eigenvalue weighted by Gasteiger charge is 2.27. The number of thioether (sulfide) groups is 1. The highest BCUT2D eigenvalue weighted by molar-refractivity contribution is 7.99. The number of rotatable bonds is 9. The van der Waals surface area contributed by atoms with Crippen LogP contribution in [-0.2, 0) is 14.3 Å². The summed E-state index contributed by atoms with van der Waals surface area (Å²) in [5.41, 5.74) is 0.493. The van der Waals surface area contributed by atoms with Crippen molar-refractivity contribution in [2.75, 3.05) is 12.9 Å². The number of aromatic nitrogens is 2. The average molecular weight is 420 g/mol. The molecule has 0 radical (unpaired) electrons. The smallest absolute Gasteiger partial charge is 0.328 e. The second kappa shape index (κ2) is 10.4. The van der Waals surface area contributed by atoms with Crippen molar-refractivity contribution in [3.05, 3.63) is 34.6 Å². The number of ether oxygens (including phenoxy) is 1. The Labute approximate surface area is 175 Å². The number of fused-ring (bicyclic) bond motifs is 1. The van der Waals surface area contributed by atoms with Crippen molar-refractivity contribution in [1.82, 2.24) is 14.9 Å². The molecule has 0 saturated carbocycles. The molecule has 3 atom stereocenters. The van der Waals surface area contributed by atoms with Gasteiger partial charge in [0.25, 0.3) is 5.56 Å². The quantitative estimate of drug-likeness (QED) is 0.381. The Hall–Kier alpha value is -2.35. The summed E-state index contributed by atoms with van der Waals surface area (Å²) in [6, 6.07) is 6.45. The molecule has 2 rings (SSSR count). The second-order valence-electron chi connectivity index (χ2n) is 7.09. The Morgan fingerprint density at radius 2 is 1.90 bits per heavy atom. The molecule has 7 nitrogen and oxygen atoms in total. The zero-order chi connectivity index (χ0) is 21.6. The summed E-state index contributed by atoms with van der Waals surface area (Å²) in [6.07, 6.45) is 1.49. The SMILES string of the molecule is CC[C@@H](C)[C@H](NC(=O)CSc1nc2ccccc2c(=O)n1[C@@H](C)CC)C(=O)OC. The minimum atomic E-state index is -0.695. The summed E-state index contributed by atoms with van der Waals surface area (Å²) in [5.74, 6) is -0.763. The van der Waals surface area contributed by atoms with Gasteiger partial charge in [-0.3, -0.25) is 14.2 Å². The van der Waals surface area contributed by atoms with Crippen LogP contribution in [0.1, 0.15) is 46.6 Å². The lowest BCUT2D eigenvalue weighted by Crippen LogP contribution is -2.46. The predicted octanol–water partition coefficient (Wildman–Crippen LogP) is 3.16. The van der Waals surface area contributed by atoms with Crippen LogP contribution in [0.5, 0.6) is 0 Å². The van der Waals surface area contributed by atoms with E-state index >= 15 is 0 Å². The van der Waals surface area contributed by atoms with E-state index in [0.717, 1.165) is 12.8 Å². The Morgan fingerprint density at radius 1 is 1.21 bits per heavy atom. The molecule has 2 aromatic rings. The number of benzene rings is 1. The molecule has 1 aromatic heterocycles. The lowest BCUT2D eigenvalue weighted by atomic mass is 9.99. The third kappa shape index (κ3) is 5.38. The van der Waals surface area contributed by atoms with Crippen LogP contribution < -0.4 is 10.9 Å². The molecule has 0 unspecified atom stereocenters. The van der Waals surface area contributed by atoms with Crippen LogP contribution in [0.4, 0.5) is 0 Å². The number of nitrogens with one attached hydrogen (secondary N) is 1. The molecular weight excluding hydrogens is 390 g/mol. The molecule has 158 valence electrons. The zero-order valence-electron chi connectivity index (χ0n) is 17.6. The second-order valence-corrected chi connectivity index (χ2v) is 8.03. The fourth-order valence-corrected chi connectivity index (χ4v) is 3.85. The maximum Gasteiger partial charge on any atom is 0.328 e. The number of amides is 1. The number of esters is 1. The summed E-state index contributed by atoms with van der Waals surface area (Å²) in [4.78, 5) is 42.1. The molecule has 0 saturated heterocycles. The first-order valence-electron chi connectivity index (χ1n) is 9.85. The molecule has 0 bridgehead atoms. The van der Waals surface area contributed by atoms with Crippen LogP contribution in [0, 0.1) is 5.92 Å². The van der Waals surface area contributed by atoms with Gasteiger partial charge in [-0.15, -0.1) is 0 Å². The largest absolute Gasteiger partial charge is 0.467 e. The molecular formula is C21H29N3O4S. The van der Waals surface area contributed by atoms with Gasteiger partial charge in [0, 0.05) is 6.04 Å². The van der Waals surface area contributed by atoms with Crippen LogP contribution in [-0.4, -0.2) is 40.3 Å². The highest BCUT2D eigenvalue weighted by Crippen LogP contribution is 2.22. The van der Waals surface area contributed by atoms with Gasteiger partial charge in [-0.25, -0.2) is 9.78 Å². The average Bonchev–Trinajstić information content (AvgIpc) is 2.74. The van der Waals surface area contributed by atoms with Gasteiger partial charge in [-0.1, -0.05) is 51.1 Å². The minimum Gasteiger partial charge on any atom is -0.467 e. The van der Waals surface area contributed by atoms with Crippen molar-refractivity contribution < 1.29 is 14.3 Å². The molecule has 1 N–H and O–H groups in total. The van der Waals surface area contributed by atoms with E-state index in [-0.39, 0.29) is 29.2 Å². The van der Waals surface area contributed by atoms with Crippen LogP contribution in [0.15, 0.2) is 34.2 Å². The Kier molecular flexibility index (Phi) is 8.25. The minimum absolute atomic E-state index is 0.0468. The summed E-state index contributed by atoms with van der Waals surface area (Å²) in [7, 11) is 1.31. The van der Waals surface area contributed by atoms with Crippen molar-refractivity contribution in [1.29, 1.82) is 0 Å². The molecule has 8 heteroatoms. The van der Waals surface area contributed by atoms with Crippen molar-refractivity contribution in [2.24, 2.45) is 5.92 Å². The Balaban J connectivity index is 2.26. The Bertz CT molecular complexity index is 928. The van der Waals surface area contributed by atoms with Crippen LogP contribution in [0.2, 0.25) is 0 Å². The first kappa shape index (κ1) is 22.9. The summed E-state index contributed by atoms with van der Waals surface area (Å²) in [5, 5.41) is 3.81. The molecule has 0 fully saturated rings. The van der Waals surface area contributed by atoms with E-state index in [2.05, 4.69) is 10.3 Å². The van der Waals surface area contributed by atoms with E-state index in [9.17, 15) is 14.4 Å². The number of nitrogens with zero attached hydrogens (tertiary/aromatic N) is 2. The lowest BCUT2D eigenvalue weighted by molar-refractivity contribution is -0.146. The van der Waals surface area contributed by atoms with Gasteiger partial charge in [0.2, 0.25) is 5.91 Å². The molecule has 0 spiro atoms. The fraction of sp³-hybridized carbons (Fsp3) is 0.524. The molecule has 29 heavy (non-hydrogen) atoms.